The lowest BCUT2D eigenvalue weighted by atomic mass is 9.68. The molecule has 1 spiro atoms. The number of anilines is 1. The quantitative estimate of drug-likeness (QED) is 0.255. The molecule has 1 saturated heterocycles. The van der Waals surface area contributed by atoms with E-state index in [0.29, 0.717) is 36.9 Å². The zero-order valence-corrected chi connectivity index (χ0v) is 36.5. The number of hydrogen-bond donors (Lipinski definition) is 1. The molecular weight excluding hydrogens is 806 g/mol. The number of nitrogens with one attached hydrogen (secondary N) is 1. The number of esters is 1. The van der Waals surface area contributed by atoms with Gasteiger partial charge in [0.2, 0.25) is 5.88 Å². The Morgan fingerprint density at radius 2 is 1.92 bits per heavy atom. The Labute approximate surface area is 357 Å². The van der Waals surface area contributed by atoms with Crippen molar-refractivity contribution in [2.24, 2.45) is 29.2 Å². The van der Waals surface area contributed by atoms with Gasteiger partial charge in [-0.25, -0.2) is 4.21 Å². The van der Waals surface area contributed by atoms with E-state index in [1.54, 1.807) is 25.2 Å². The molecule has 1 unspecified atom stereocenters. The summed E-state index contributed by atoms with van der Waals surface area (Å²) in [7, 11) is 1.44. The zero-order valence-electron chi connectivity index (χ0n) is 34.9. The van der Waals surface area contributed by atoms with Crippen LogP contribution in [0.3, 0.4) is 0 Å². The predicted molar refractivity (Wildman–Crippen MR) is 230 cm³/mol. The summed E-state index contributed by atoms with van der Waals surface area (Å²) in [6, 6.07) is 11.4. The number of hydrogen-bond acceptors (Lipinski definition) is 11. The first-order chi connectivity index (χ1) is 28.8. The maximum absolute atomic E-state index is 14.8. The molecule has 1 saturated carbocycles. The number of allylic oxidation sites excluding steroid dienone is 1. The van der Waals surface area contributed by atoms with E-state index in [-0.39, 0.29) is 58.4 Å². The third kappa shape index (κ3) is 9.09. The number of rotatable bonds is 6. The van der Waals surface area contributed by atoms with Gasteiger partial charge in [-0.05, 0) is 105 Å². The molecule has 1 aromatic heterocycles. The van der Waals surface area contributed by atoms with Crippen molar-refractivity contribution >= 4 is 45.0 Å². The number of amides is 2. The molecule has 8 rings (SSSR count). The van der Waals surface area contributed by atoms with Crippen molar-refractivity contribution < 1.29 is 32.8 Å². The predicted octanol–water partition coefficient (Wildman–Crippen LogP) is 5.29. The van der Waals surface area contributed by atoms with Crippen LogP contribution in [-0.2, 0) is 38.3 Å². The molecule has 322 valence electrons. The van der Waals surface area contributed by atoms with E-state index in [9.17, 15) is 18.6 Å². The zero-order chi connectivity index (χ0) is 42.2. The molecule has 14 nitrogen and oxygen atoms in total. The largest absolute Gasteiger partial charge is 0.490 e. The summed E-state index contributed by atoms with van der Waals surface area (Å²) in [5.41, 5.74) is 3.15. The number of aromatic nitrogens is 2. The van der Waals surface area contributed by atoms with Crippen molar-refractivity contribution in [3.8, 4) is 11.6 Å². The van der Waals surface area contributed by atoms with E-state index >= 15 is 0 Å². The van der Waals surface area contributed by atoms with Crippen LogP contribution < -0.4 is 19.1 Å². The van der Waals surface area contributed by atoms with Gasteiger partial charge in [-0.2, -0.15) is 0 Å². The fraction of sp³-hybridized carbons (Fsp3) is 0.545. The van der Waals surface area contributed by atoms with Crippen molar-refractivity contribution in [1.29, 1.82) is 0 Å². The molecule has 2 fully saturated rings. The van der Waals surface area contributed by atoms with Crippen molar-refractivity contribution in [3.63, 3.8) is 0 Å². The lowest BCUT2D eigenvalue weighted by Crippen LogP contribution is -2.50. The smallest absolute Gasteiger partial charge is 0.320 e. The minimum Gasteiger partial charge on any atom is -0.490 e. The van der Waals surface area contributed by atoms with Gasteiger partial charge in [0.1, 0.15) is 27.3 Å². The average molecular weight is 862 g/mol. The normalized spacial score (nSPS) is 29.1. The number of benzene rings is 2. The van der Waals surface area contributed by atoms with E-state index in [4.69, 9.17) is 25.8 Å². The van der Waals surface area contributed by atoms with Crippen LogP contribution in [0.4, 0.5) is 5.69 Å². The number of ether oxygens (including phenoxy) is 3. The van der Waals surface area contributed by atoms with Crippen molar-refractivity contribution in [2.75, 3.05) is 77.2 Å². The molecule has 3 aromatic rings. The first-order valence-corrected chi connectivity index (χ1v) is 23.1. The van der Waals surface area contributed by atoms with Gasteiger partial charge < -0.3 is 24.0 Å². The van der Waals surface area contributed by atoms with Gasteiger partial charge in [0.15, 0.2) is 0 Å². The summed E-state index contributed by atoms with van der Waals surface area (Å²) in [6.07, 6.45) is 10.1. The number of piperazine rings is 1. The second-order valence-corrected chi connectivity index (χ2v) is 19.9. The summed E-state index contributed by atoms with van der Waals surface area (Å²) >= 11 is 6.51. The molecule has 3 aliphatic heterocycles. The number of nitrogens with zero attached hydrogens (tertiary/aromatic N) is 6. The van der Waals surface area contributed by atoms with Crippen LogP contribution in [0.15, 0.2) is 59.1 Å². The maximum atomic E-state index is 14.8. The number of likely N-dealkylation sites (N-methyl/N-ethyl adjacent to an activating group) is 1. The second kappa shape index (κ2) is 17.5. The van der Waals surface area contributed by atoms with Crippen LogP contribution in [0.5, 0.6) is 11.6 Å². The minimum absolute atomic E-state index is 0.0586. The van der Waals surface area contributed by atoms with Crippen LogP contribution in [-0.4, -0.2) is 120 Å². The van der Waals surface area contributed by atoms with E-state index in [2.05, 4.69) is 48.1 Å². The highest BCUT2D eigenvalue weighted by molar-refractivity contribution is 7.92. The third-order valence-corrected chi connectivity index (χ3v) is 15.2. The highest BCUT2D eigenvalue weighted by Gasteiger charge is 2.45. The first kappa shape index (κ1) is 42.3. The molecule has 2 aromatic carbocycles. The number of aryl methyl sites for hydroxylation is 2. The van der Waals surface area contributed by atoms with Crippen molar-refractivity contribution in [2.45, 2.75) is 57.0 Å². The monoisotopic (exact) mass is 861 g/mol. The standard InChI is InChI=1S/C44H56ClN7O7S/c1-29-7-5-9-38(59-40(53)25-51-19-17-49(2)18-20-51)34-13-10-32(34)23-52-27-44(16-6-8-30-21-33(45)12-14-36(30)44)28-58-39-15-11-31(22-37(39)52)41(54)47-60(56,26-29)48-42(55)35-24-50(3)46-43(35)57-4/h5,9,11-12,14-15,21-22,24,29,32,34,38H,6-8,10,13,16-20,23,25-28H2,1-4H3,(H,47,48,54,55,56)/b9-5+/t29-,32-,34+,38-,44-,60?/m0/s1. The molecular formula is C44H56ClN7O7S. The highest BCUT2D eigenvalue weighted by Crippen LogP contribution is 2.47. The molecule has 16 heteroatoms. The van der Waals surface area contributed by atoms with E-state index in [1.165, 1.54) is 29.1 Å². The number of carbonyl (C=O) groups is 3. The fourth-order valence-corrected chi connectivity index (χ4v) is 11.7. The van der Waals surface area contributed by atoms with Crippen molar-refractivity contribution in [1.82, 2.24) is 24.3 Å². The Morgan fingerprint density at radius 1 is 1.10 bits per heavy atom. The van der Waals surface area contributed by atoms with E-state index < -0.39 is 27.8 Å². The summed E-state index contributed by atoms with van der Waals surface area (Å²) in [4.78, 5) is 48.3. The lowest BCUT2D eigenvalue weighted by Gasteiger charge is -2.46. The van der Waals surface area contributed by atoms with Crippen molar-refractivity contribution in [3.05, 3.63) is 82.0 Å². The topological polar surface area (TPSA) is 148 Å². The number of carbonyl (C=O) groups excluding carboxylic acids is 3. The molecule has 2 amide bonds. The number of halogens is 1. The van der Waals surface area contributed by atoms with Crippen LogP contribution in [0.25, 0.3) is 0 Å². The Bertz CT molecular complexity index is 2280. The molecule has 2 aliphatic carbocycles. The molecule has 4 heterocycles. The highest BCUT2D eigenvalue weighted by atomic mass is 35.5. The van der Waals surface area contributed by atoms with Crippen LogP contribution in [0, 0.1) is 17.8 Å². The Kier molecular flexibility index (Phi) is 12.3. The molecule has 1 N–H and O–H groups in total. The SMILES string of the molecule is COc1nn(C)cc1C(=O)NS1(=O)=NC(=O)c2ccc3c(c2)N(C[C@@H]2CC[C@H]2[C@@H](OC(=O)CN2CCN(C)CC2)/C=C/C[C@H](C)C1)C[C@@]1(CCCc2cc(Cl)ccc21)CO3. The van der Waals surface area contributed by atoms with Gasteiger partial charge in [-0.3, -0.25) is 28.7 Å². The third-order valence-electron chi connectivity index (χ3n) is 12.9. The molecule has 5 aliphatic rings. The summed E-state index contributed by atoms with van der Waals surface area (Å²) < 4.78 is 41.5. The molecule has 0 radical (unpaired) electrons. The average Bonchev–Trinajstić information content (AvgIpc) is 3.51. The fourth-order valence-electron chi connectivity index (χ4n) is 9.59. The maximum Gasteiger partial charge on any atom is 0.320 e. The minimum atomic E-state index is -3.69. The van der Waals surface area contributed by atoms with E-state index in [1.807, 2.05) is 25.1 Å². The summed E-state index contributed by atoms with van der Waals surface area (Å²) in [6.45, 7) is 7.28. The van der Waals surface area contributed by atoms with Gasteiger partial charge in [0.25, 0.3) is 11.8 Å². The molecule has 6 atom stereocenters. The first-order valence-electron chi connectivity index (χ1n) is 21.1. The number of methoxy groups -OCH3 is 1. The van der Waals surface area contributed by atoms with Gasteiger partial charge in [-0.15, -0.1) is 9.46 Å². The van der Waals surface area contributed by atoms with Crippen LogP contribution in [0.2, 0.25) is 5.02 Å². The molecule has 2 bridgehead atoms. The van der Waals surface area contributed by atoms with Crippen LogP contribution in [0.1, 0.15) is 70.9 Å². The lowest BCUT2D eigenvalue weighted by molar-refractivity contribution is -0.153. The van der Waals surface area contributed by atoms with Crippen LogP contribution >= 0.6 is 11.6 Å². The molecule has 60 heavy (non-hydrogen) atoms. The number of fused-ring (bicyclic) bond motifs is 4. The Morgan fingerprint density at radius 3 is 2.68 bits per heavy atom. The summed E-state index contributed by atoms with van der Waals surface area (Å²) in [5, 5.41) is 4.88. The van der Waals surface area contributed by atoms with E-state index in [0.717, 1.165) is 64.0 Å². The Balaban J connectivity index is 1.17. The van der Waals surface area contributed by atoms with Gasteiger partial charge in [0.05, 0.1) is 31.7 Å². The van der Waals surface area contributed by atoms with Gasteiger partial charge >= 0.3 is 5.97 Å². The van der Waals surface area contributed by atoms with Gasteiger partial charge in [0, 0.05) is 74.4 Å². The Hall–Kier alpha value is -4.44. The second-order valence-electron chi connectivity index (χ2n) is 17.5. The summed E-state index contributed by atoms with van der Waals surface area (Å²) in [5.74, 6) is -1.10. The van der Waals surface area contributed by atoms with Gasteiger partial charge in [-0.1, -0.05) is 30.7 Å².